The molecule has 0 heterocycles. The smallest absolute Gasteiger partial charge is 0.123 e. The van der Waals surface area contributed by atoms with Gasteiger partial charge in [-0.3, -0.25) is 5.84 Å². The number of halogens is 1. The zero-order valence-electron chi connectivity index (χ0n) is 9.34. The molecule has 0 radical (unpaired) electrons. The van der Waals surface area contributed by atoms with E-state index < -0.39 is 0 Å². The van der Waals surface area contributed by atoms with E-state index in [1.165, 1.54) is 12.1 Å². The van der Waals surface area contributed by atoms with E-state index in [-0.39, 0.29) is 11.9 Å². The van der Waals surface area contributed by atoms with Crippen LogP contribution in [0, 0.1) is 12.7 Å². The van der Waals surface area contributed by atoms with Crippen LogP contribution in [0.15, 0.2) is 29.8 Å². The van der Waals surface area contributed by atoms with Crippen LogP contribution in [0.1, 0.15) is 31.0 Å². The van der Waals surface area contributed by atoms with Crippen LogP contribution in [0.2, 0.25) is 0 Å². The lowest BCUT2D eigenvalue weighted by molar-refractivity contribution is 0.608. The Morgan fingerprint density at radius 1 is 1.47 bits per heavy atom. The maximum absolute atomic E-state index is 13.1. The third-order valence-corrected chi connectivity index (χ3v) is 2.26. The molecule has 15 heavy (non-hydrogen) atoms. The topological polar surface area (TPSA) is 38.0 Å². The molecule has 0 bridgehead atoms. The second-order valence-electron chi connectivity index (χ2n) is 3.89. The molecule has 0 saturated heterocycles. The van der Waals surface area contributed by atoms with Gasteiger partial charge in [-0.15, -0.1) is 0 Å². The second-order valence-corrected chi connectivity index (χ2v) is 3.89. The number of nitrogens with two attached hydrogens (primary N) is 1. The highest BCUT2D eigenvalue weighted by Gasteiger charge is 2.10. The normalized spacial score (nSPS) is 12.3. The van der Waals surface area contributed by atoms with Gasteiger partial charge in [-0.05, 0) is 44.0 Å². The number of rotatable bonds is 3. The summed E-state index contributed by atoms with van der Waals surface area (Å²) >= 11 is 0. The summed E-state index contributed by atoms with van der Waals surface area (Å²) in [6.45, 7) is 5.91. The quantitative estimate of drug-likeness (QED) is 0.455. The van der Waals surface area contributed by atoms with Crippen molar-refractivity contribution in [1.82, 2.24) is 5.43 Å². The molecule has 82 valence electrons. The van der Waals surface area contributed by atoms with E-state index in [4.69, 9.17) is 5.84 Å². The molecule has 2 nitrogen and oxygen atoms in total. The van der Waals surface area contributed by atoms with Crippen LogP contribution in [-0.2, 0) is 0 Å². The second kappa shape index (κ2) is 5.05. The highest BCUT2D eigenvalue weighted by Crippen LogP contribution is 2.20. The molecule has 0 aliphatic rings. The summed E-state index contributed by atoms with van der Waals surface area (Å²) in [6, 6.07) is 4.59. The van der Waals surface area contributed by atoms with Crippen molar-refractivity contribution in [2.75, 3.05) is 0 Å². The summed E-state index contributed by atoms with van der Waals surface area (Å²) in [5, 5.41) is 0. The van der Waals surface area contributed by atoms with Gasteiger partial charge in [0.15, 0.2) is 0 Å². The van der Waals surface area contributed by atoms with Crippen LogP contribution in [0.4, 0.5) is 4.39 Å². The molecular formula is C12H17FN2. The van der Waals surface area contributed by atoms with Crippen LogP contribution >= 0.6 is 0 Å². The highest BCUT2D eigenvalue weighted by atomic mass is 19.1. The summed E-state index contributed by atoms with van der Waals surface area (Å²) < 4.78 is 13.1. The monoisotopic (exact) mass is 208 g/mol. The van der Waals surface area contributed by atoms with Gasteiger partial charge in [0.25, 0.3) is 0 Å². The molecule has 0 saturated carbocycles. The van der Waals surface area contributed by atoms with E-state index in [0.717, 1.165) is 16.7 Å². The fourth-order valence-corrected chi connectivity index (χ4v) is 1.51. The molecule has 3 heteroatoms. The van der Waals surface area contributed by atoms with Crippen molar-refractivity contribution in [3.05, 3.63) is 46.8 Å². The Bertz CT molecular complexity index is 368. The van der Waals surface area contributed by atoms with Gasteiger partial charge in [-0.2, -0.15) is 0 Å². The Hall–Kier alpha value is -1.19. The van der Waals surface area contributed by atoms with Gasteiger partial charge in [0, 0.05) is 0 Å². The van der Waals surface area contributed by atoms with Crippen LogP contribution in [0.25, 0.3) is 0 Å². The van der Waals surface area contributed by atoms with Crippen molar-refractivity contribution in [1.29, 1.82) is 0 Å². The van der Waals surface area contributed by atoms with Gasteiger partial charge < -0.3 is 0 Å². The van der Waals surface area contributed by atoms with Crippen molar-refractivity contribution in [3.8, 4) is 0 Å². The highest BCUT2D eigenvalue weighted by molar-refractivity contribution is 5.32. The van der Waals surface area contributed by atoms with Crippen LogP contribution in [0.5, 0.6) is 0 Å². The molecule has 0 amide bonds. The van der Waals surface area contributed by atoms with Crippen molar-refractivity contribution in [3.63, 3.8) is 0 Å². The van der Waals surface area contributed by atoms with Gasteiger partial charge in [0.05, 0.1) is 6.04 Å². The molecular weight excluding hydrogens is 191 g/mol. The molecule has 0 fully saturated rings. The van der Waals surface area contributed by atoms with E-state index in [1.54, 1.807) is 6.07 Å². The predicted molar refractivity (Wildman–Crippen MR) is 60.6 cm³/mol. The van der Waals surface area contributed by atoms with Crippen molar-refractivity contribution in [2.45, 2.75) is 26.8 Å². The number of allylic oxidation sites excluding steroid dienone is 1. The first-order chi connectivity index (χ1) is 7.04. The third kappa shape index (κ3) is 3.15. The predicted octanol–water partition coefficient (Wildman–Crippen LogP) is 2.60. The zero-order chi connectivity index (χ0) is 11.4. The largest absolute Gasteiger partial charge is 0.271 e. The van der Waals surface area contributed by atoms with E-state index in [1.807, 2.05) is 26.8 Å². The summed E-state index contributed by atoms with van der Waals surface area (Å²) in [7, 11) is 0. The van der Waals surface area contributed by atoms with E-state index in [9.17, 15) is 4.39 Å². The molecule has 1 aromatic carbocycles. The lowest BCUT2D eigenvalue weighted by atomic mass is 10.00. The number of aryl methyl sites for hydroxylation is 1. The van der Waals surface area contributed by atoms with Crippen molar-refractivity contribution < 1.29 is 4.39 Å². The maximum Gasteiger partial charge on any atom is 0.123 e. The Morgan fingerprint density at radius 3 is 2.67 bits per heavy atom. The summed E-state index contributed by atoms with van der Waals surface area (Å²) in [5.41, 5.74) is 5.71. The molecule has 1 aromatic rings. The van der Waals surface area contributed by atoms with Gasteiger partial charge >= 0.3 is 0 Å². The first kappa shape index (κ1) is 11.9. The first-order valence-electron chi connectivity index (χ1n) is 4.92. The van der Waals surface area contributed by atoms with Crippen molar-refractivity contribution >= 4 is 0 Å². The number of hydrogen-bond donors (Lipinski definition) is 2. The average molecular weight is 208 g/mol. The van der Waals surface area contributed by atoms with E-state index in [0.29, 0.717) is 0 Å². The minimum absolute atomic E-state index is 0.134. The fourth-order valence-electron chi connectivity index (χ4n) is 1.51. The zero-order valence-corrected chi connectivity index (χ0v) is 9.34. The van der Waals surface area contributed by atoms with Crippen LogP contribution in [0.3, 0.4) is 0 Å². The number of nitrogens with one attached hydrogen (secondary N) is 1. The number of benzene rings is 1. The summed E-state index contributed by atoms with van der Waals surface area (Å²) in [4.78, 5) is 0. The maximum atomic E-state index is 13.1. The molecule has 1 rings (SSSR count). The SMILES string of the molecule is CC(C)=CC(NN)c1cc(F)ccc1C. The molecule has 1 unspecified atom stereocenters. The minimum atomic E-state index is -0.238. The lowest BCUT2D eigenvalue weighted by Gasteiger charge is -2.15. The Labute approximate surface area is 90.0 Å². The molecule has 0 spiro atoms. The van der Waals surface area contributed by atoms with Gasteiger partial charge in [0.2, 0.25) is 0 Å². The fraction of sp³-hybridized carbons (Fsp3) is 0.333. The minimum Gasteiger partial charge on any atom is -0.271 e. The van der Waals surface area contributed by atoms with Gasteiger partial charge in [-0.1, -0.05) is 17.7 Å². The Morgan fingerprint density at radius 2 is 2.13 bits per heavy atom. The Kier molecular flexibility index (Phi) is 4.00. The average Bonchev–Trinajstić information content (AvgIpc) is 2.18. The van der Waals surface area contributed by atoms with E-state index >= 15 is 0 Å². The molecule has 0 aliphatic carbocycles. The van der Waals surface area contributed by atoms with Crippen molar-refractivity contribution in [2.24, 2.45) is 5.84 Å². The number of hydrogen-bond acceptors (Lipinski definition) is 2. The summed E-state index contributed by atoms with van der Waals surface area (Å²) in [5.74, 6) is 5.22. The first-order valence-corrected chi connectivity index (χ1v) is 4.92. The van der Waals surface area contributed by atoms with E-state index in [2.05, 4.69) is 5.43 Å². The van der Waals surface area contributed by atoms with Crippen LogP contribution < -0.4 is 11.3 Å². The molecule has 1 atom stereocenters. The standard InChI is InChI=1S/C12H17FN2/c1-8(2)6-12(15-14)11-7-10(13)5-4-9(11)3/h4-7,12,15H,14H2,1-3H3. The summed E-state index contributed by atoms with van der Waals surface area (Å²) in [6.07, 6.45) is 1.97. The molecule has 3 N–H and O–H groups in total. The van der Waals surface area contributed by atoms with Gasteiger partial charge in [0.1, 0.15) is 5.82 Å². The Balaban J connectivity index is 3.11. The van der Waals surface area contributed by atoms with Crippen LogP contribution in [-0.4, -0.2) is 0 Å². The molecule has 0 aliphatic heterocycles. The lowest BCUT2D eigenvalue weighted by Crippen LogP contribution is -2.27. The third-order valence-electron chi connectivity index (χ3n) is 2.26. The molecule has 0 aromatic heterocycles. The van der Waals surface area contributed by atoms with Gasteiger partial charge in [-0.25, -0.2) is 9.82 Å². The number of hydrazine groups is 1.